The Morgan fingerprint density at radius 1 is 1.25 bits per heavy atom. The molecule has 3 rings (SSSR count). The highest BCUT2D eigenvalue weighted by atomic mass is 16.5. The van der Waals surface area contributed by atoms with Crippen LogP contribution in [-0.4, -0.2) is 37.0 Å². The quantitative estimate of drug-likeness (QED) is 0.754. The molecule has 16 heavy (non-hydrogen) atoms. The molecule has 2 saturated carbocycles. The van der Waals surface area contributed by atoms with E-state index in [9.17, 15) is 5.11 Å². The van der Waals surface area contributed by atoms with Crippen molar-refractivity contribution in [1.82, 2.24) is 5.32 Å². The molecule has 5 unspecified atom stereocenters. The fraction of sp³-hybridized carbons (Fsp3) is 1.00. The molecule has 3 aliphatic rings. The van der Waals surface area contributed by atoms with Crippen LogP contribution in [0.25, 0.3) is 0 Å². The number of ether oxygens (including phenoxy) is 1. The van der Waals surface area contributed by atoms with Crippen molar-refractivity contribution in [3.8, 4) is 0 Å². The lowest BCUT2D eigenvalue weighted by Crippen LogP contribution is -2.41. The SMILES string of the molecule is OC(CNC1CC2CCC1C2)C1CCOC1. The molecule has 0 amide bonds. The summed E-state index contributed by atoms with van der Waals surface area (Å²) in [4.78, 5) is 0. The summed E-state index contributed by atoms with van der Waals surface area (Å²) >= 11 is 0. The van der Waals surface area contributed by atoms with E-state index in [0.29, 0.717) is 12.0 Å². The Morgan fingerprint density at radius 3 is 2.81 bits per heavy atom. The van der Waals surface area contributed by atoms with Crippen LogP contribution in [0.4, 0.5) is 0 Å². The topological polar surface area (TPSA) is 41.5 Å². The second-order valence-electron chi connectivity index (χ2n) is 5.88. The summed E-state index contributed by atoms with van der Waals surface area (Å²) in [6.45, 7) is 2.34. The lowest BCUT2D eigenvalue weighted by atomic mass is 9.94. The van der Waals surface area contributed by atoms with Gasteiger partial charge in [-0.1, -0.05) is 6.42 Å². The van der Waals surface area contributed by atoms with Crippen LogP contribution in [0.5, 0.6) is 0 Å². The van der Waals surface area contributed by atoms with Gasteiger partial charge in [-0.25, -0.2) is 0 Å². The van der Waals surface area contributed by atoms with Crippen molar-refractivity contribution in [3.63, 3.8) is 0 Å². The van der Waals surface area contributed by atoms with Gasteiger partial charge in [-0.05, 0) is 37.5 Å². The molecule has 3 heteroatoms. The van der Waals surface area contributed by atoms with E-state index >= 15 is 0 Å². The molecule has 2 bridgehead atoms. The summed E-state index contributed by atoms with van der Waals surface area (Å²) in [5.74, 6) is 2.25. The molecule has 92 valence electrons. The van der Waals surface area contributed by atoms with Crippen molar-refractivity contribution in [2.24, 2.45) is 17.8 Å². The van der Waals surface area contributed by atoms with Gasteiger partial charge in [0.05, 0.1) is 12.7 Å². The summed E-state index contributed by atoms with van der Waals surface area (Å²) in [6.07, 6.45) is 6.45. The van der Waals surface area contributed by atoms with Crippen LogP contribution in [0.2, 0.25) is 0 Å². The van der Waals surface area contributed by atoms with Crippen molar-refractivity contribution < 1.29 is 9.84 Å². The number of hydrogen-bond acceptors (Lipinski definition) is 3. The largest absolute Gasteiger partial charge is 0.391 e. The van der Waals surface area contributed by atoms with Crippen LogP contribution in [0, 0.1) is 17.8 Å². The van der Waals surface area contributed by atoms with Crippen LogP contribution < -0.4 is 5.32 Å². The first-order valence-corrected chi connectivity index (χ1v) is 6.82. The van der Waals surface area contributed by atoms with E-state index in [4.69, 9.17) is 4.74 Å². The van der Waals surface area contributed by atoms with Gasteiger partial charge in [0.2, 0.25) is 0 Å². The summed E-state index contributed by atoms with van der Waals surface area (Å²) in [5, 5.41) is 13.6. The molecule has 1 heterocycles. The fourth-order valence-electron chi connectivity index (χ4n) is 3.79. The zero-order valence-corrected chi connectivity index (χ0v) is 9.90. The number of aliphatic hydroxyl groups is 1. The third kappa shape index (κ3) is 2.13. The van der Waals surface area contributed by atoms with Gasteiger partial charge in [-0.15, -0.1) is 0 Å². The van der Waals surface area contributed by atoms with Crippen molar-refractivity contribution in [2.45, 2.75) is 44.2 Å². The maximum atomic E-state index is 10.0. The molecule has 3 nitrogen and oxygen atoms in total. The van der Waals surface area contributed by atoms with E-state index in [2.05, 4.69) is 5.32 Å². The van der Waals surface area contributed by atoms with Crippen LogP contribution in [0.1, 0.15) is 32.1 Å². The molecule has 0 aromatic carbocycles. The smallest absolute Gasteiger partial charge is 0.0715 e. The maximum absolute atomic E-state index is 10.0. The van der Waals surface area contributed by atoms with E-state index in [1.165, 1.54) is 25.7 Å². The molecule has 2 N–H and O–H groups in total. The fourth-order valence-corrected chi connectivity index (χ4v) is 3.79. The van der Waals surface area contributed by atoms with E-state index < -0.39 is 0 Å². The molecule has 2 aliphatic carbocycles. The van der Waals surface area contributed by atoms with Gasteiger partial charge in [0, 0.05) is 25.1 Å². The highest BCUT2D eigenvalue weighted by Gasteiger charge is 2.39. The molecule has 0 aromatic heterocycles. The highest BCUT2D eigenvalue weighted by molar-refractivity contribution is 4.94. The first-order valence-electron chi connectivity index (χ1n) is 6.82. The molecule has 0 spiro atoms. The molecule has 0 aromatic rings. The number of rotatable bonds is 4. The van der Waals surface area contributed by atoms with Crippen molar-refractivity contribution in [1.29, 1.82) is 0 Å². The number of hydrogen-bond donors (Lipinski definition) is 2. The van der Waals surface area contributed by atoms with Crippen LogP contribution in [-0.2, 0) is 4.74 Å². The Kier molecular flexibility index (Phi) is 3.18. The average Bonchev–Trinajstić information content (AvgIpc) is 3.01. The maximum Gasteiger partial charge on any atom is 0.0715 e. The number of fused-ring (bicyclic) bond motifs is 2. The van der Waals surface area contributed by atoms with E-state index in [1.54, 1.807) is 0 Å². The van der Waals surface area contributed by atoms with E-state index in [1.807, 2.05) is 0 Å². The monoisotopic (exact) mass is 225 g/mol. The van der Waals surface area contributed by atoms with Crippen LogP contribution in [0.3, 0.4) is 0 Å². The summed E-state index contributed by atoms with van der Waals surface area (Å²) in [7, 11) is 0. The molecular weight excluding hydrogens is 202 g/mol. The lowest BCUT2D eigenvalue weighted by molar-refractivity contribution is 0.0862. The van der Waals surface area contributed by atoms with E-state index in [0.717, 1.165) is 38.0 Å². The molecule has 1 aliphatic heterocycles. The van der Waals surface area contributed by atoms with Gasteiger partial charge < -0.3 is 15.2 Å². The van der Waals surface area contributed by atoms with Gasteiger partial charge in [0.15, 0.2) is 0 Å². The summed E-state index contributed by atoms with van der Waals surface area (Å²) in [5.41, 5.74) is 0. The third-order valence-corrected chi connectivity index (χ3v) is 4.84. The Morgan fingerprint density at radius 2 is 2.19 bits per heavy atom. The zero-order valence-electron chi connectivity index (χ0n) is 9.90. The van der Waals surface area contributed by atoms with Crippen molar-refractivity contribution >= 4 is 0 Å². The Hall–Kier alpha value is -0.120. The second kappa shape index (κ2) is 4.63. The first kappa shape index (κ1) is 11.0. The van der Waals surface area contributed by atoms with Gasteiger partial charge in [-0.2, -0.15) is 0 Å². The first-order chi connectivity index (χ1) is 7.83. The van der Waals surface area contributed by atoms with Gasteiger partial charge in [0.1, 0.15) is 0 Å². The molecule has 5 atom stereocenters. The molecule has 0 radical (unpaired) electrons. The molecule has 1 saturated heterocycles. The van der Waals surface area contributed by atoms with Gasteiger partial charge in [-0.3, -0.25) is 0 Å². The number of aliphatic hydroxyl groups excluding tert-OH is 1. The zero-order chi connectivity index (χ0) is 11.0. The lowest BCUT2D eigenvalue weighted by Gasteiger charge is -2.25. The Bertz CT molecular complexity index is 240. The van der Waals surface area contributed by atoms with Gasteiger partial charge >= 0.3 is 0 Å². The minimum atomic E-state index is -0.207. The van der Waals surface area contributed by atoms with Crippen LogP contribution in [0.15, 0.2) is 0 Å². The Balaban J connectivity index is 1.42. The normalized spacial score (nSPS) is 44.1. The standard InChI is InChI=1S/C13H23NO2/c15-13(11-3-4-16-8-11)7-14-12-6-9-1-2-10(12)5-9/h9-15H,1-8H2. The predicted molar refractivity (Wildman–Crippen MR) is 62.2 cm³/mol. The molecular formula is C13H23NO2. The van der Waals surface area contributed by atoms with Crippen molar-refractivity contribution in [2.75, 3.05) is 19.8 Å². The summed E-state index contributed by atoms with van der Waals surface area (Å²) < 4.78 is 5.31. The van der Waals surface area contributed by atoms with Crippen LogP contribution >= 0.6 is 0 Å². The number of nitrogens with one attached hydrogen (secondary N) is 1. The van der Waals surface area contributed by atoms with E-state index in [-0.39, 0.29) is 6.10 Å². The average molecular weight is 225 g/mol. The third-order valence-electron chi connectivity index (χ3n) is 4.84. The minimum Gasteiger partial charge on any atom is -0.391 e. The second-order valence-corrected chi connectivity index (χ2v) is 5.88. The van der Waals surface area contributed by atoms with Crippen molar-refractivity contribution in [3.05, 3.63) is 0 Å². The minimum absolute atomic E-state index is 0.207. The summed E-state index contributed by atoms with van der Waals surface area (Å²) in [6, 6.07) is 0.690. The Labute approximate surface area is 97.6 Å². The van der Waals surface area contributed by atoms with Gasteiger partial charge in [0.25, 0.3) is 0 Å². The predicted octanol–water partition coefficient (Wildman–Crippen LogP) is 1.16. The molecule has 3 fully saturated rings. The highest BCUT2D eigenvalue weighted by Crippen LogP contribution is 2.44.